The molecule has 9 heteroatoms. The van der Waals surface area contributed by atoms with Crippen molar-refractivity contribution in [2.24, 2.45) is 5.92 Å². The van der Waals surface area contributed by atoms with Crippen LogP contribution < -0.4 is 10.9 Å². The van der Waals surface area contributed by atoms with Gasteiger partial charge in [0.15, 0.2) is 0 Å². The second-order valence-corrected chi connectivity index (χ2v) is 9.48. The molecular weight excluding hydrogens is 403 g/mol. The van der Waals surface area contributed by atoms with Crippen LogP contribution in [0.15, 0.2) is 23.1 Å². The van der Waals surface area contributed by atoms with Crippen molar-refractivity contribution in [1.29, 1.82) is 0 Å². The van der Waals surface area contributed by atoms with Gasteiger partial charge in [0.2, 0.25) is 0 Å². The van der Waals surface area contributed by atoms with Gasteiger partial charge in [-0.05, 0) is 39.7 Å². The number of β-amino-alcohol motifs (C(OH)–C–C–N with tert-alkyl or cyclic N) is 1. The standard InChI is InChI=1S/C22H29FN4O4/c1-22(2,3)31-21(30)25-8-13-10-26(12-18(13)28)11-14-4-5-15-16(23)9-24-17-6-7-19(29)27(14)20(15)17/h6-7,9,13-14,18,28H,4-5,8,10-12H2,1-3H3,(H,25,30)/t13-,14?,18+/m0/s1. The third-order valence-electron chi connectivity index (χ3n) is 5.95. The summed E-state index contributed by atoms with van der Waals surface area (Å²) in [5.41, 5.74) is 0.978. The molecule has 1 fully saturated rings. The minimum atomic E-state index is -0.586. The third kappa shape index (κ3) is 4.57. The maximum absolute atomic E-state index is 14.3. The maximum Gasteiger partial charge on any atom is 0.407 e. The SMILES string of the molecule is CC(C)(C)OC(=O)NC[C@H]1CN(CC2CCc3c(F)cnc4ccc(=O)n2c34)C[C@H]1O. The van der Waals surface area contributed by atoms with Crippen molar-refractivity contribution in [2.45, 2.75) is 51.4 Å². The summed E-state index contributed by atoms with van der Waals surface area (Å²) >= 11 is 0. The number of hydrogen-bond acceptors (Lipinski definition) is 6. The lowest BCUT2D eigenvalue weighted by Gasteiger charge is -2.31. The molecule has 8 nitrogen and oxygen atoms in total. The van der Waals surface area contributed by atoms with E-state index in [1.165, 1.54) is 12.3 Å². The van der Waals surface area contributed by atoms with Crippen molar-refractivity contribution >= 4 is 17.1 Å². The van der Waals surface area contributed by atoms with Gasteiger partial charge in [-0.3, -0.25) is 14.7 Å². The predicted molar refractivity (Wildman–Crippen MR) is 113 cm³/mol. The third-order valence-corrected chi connectivity index (χ3v) is 5.95. The Kier molecular flexibility index (Phi) is 5.74. The van der Waals surface area contributed by atoms with Gasteiger partial charge in [-0.25, -0.2) is 9.18 Å². The Morgan fingerprint density at radius 2 is 2.13 bits per heavy atom. The number of aromatic nitrogens is 2. The smallest absolute Gasteiger partial charge is 0.407 e. The van der Waals surface area contributed by atoms with E-state index in [1.807, 2.05) is 0 Å². The molecule has 1 unspecified atom stereocenters. The van der Waals surface area contributed by atoms with Gasteiger partial charge in [-0.2, -0.15) is 0 Å². The van der Waals surface area contributed by atoms with Gasteiger partial charge >= 0.3 is 6.09 Å². The van der Waals surface area contributed by atoms with E-state index >= 15 is 0 Å². The van der Waals surface area contributed by atoms with Crippen LogP contribution in [0, 0.1) is 11.7 Å². The van der Waals surface area contributed by atoms with Crippen LogP contribution in [0.25, 0.3) is 11.0 Å². The summed E-state index contributed by atoms with van der Waals surface area (Å²) in [7, 11) is 0. The van der Waals surface area contributed by atoms with Gasteiger partial charge in [-0.15, -0.1) is 0 Å². The number of carbonyl (C=O) groups excluding carboxylic acids is 1. The van der Waals surface area contributed by atoms with E-state index in [-0.39, 0.29) is 23.3 Å². The zero-order valence-electron chi connectivity index (χ0n) is 18.1. The quantitative estimate of drug-likeness (QED) is 0.765. The lowest BCUT2D eigenvalue weighted by atomic mass is 9.97. The molecule has 0 bridgehead atoms. The lowest BCUT2D eigenvalue weighted by molar-refractivity contribution is 0.0505. The number of likely N-dealkylation sites (tertiary alicyclic amines) is 1. The minimum absolute atomic E-state index is 0.128. The Morgan fingerprint density at radius 1 is 1.35 bits per heavy atom. The maximum atomic E-state index is 14.3. The van der Waals surface area contributed by atoms with Crippen LogP contribution in [0.1, 0.15) is 38.8 Å². The van der Waals surface area contributed by atoms with Crippen LogP contribution in [0.5, 0.6) is 0 Å². The summed E-state index contributed by atoms with van der Waals surface area (Å²) in [4.78, 5) is 30.8. The Bertz CT molecular complexity index is 1050. The van der Waals surface area contributed by atoms with Crippen molar-refractivity contribution < 1.29 is 19.0 Å². The topological polar surface area (TPSA) is 96.7 Å². The van der Waals surface area contributed by atoms with Gasteiger partial charge in [0, 0.05) is 43.7 Å². The molecule has 168 valence electrons. The van der Waals surface area contributed by atoms with E-state index in [9.17, 15) is 19.1 Å². The number of pyridine rings is 2. The second kappa shape index (κ2) is 8.20. The molecule has 2 aliphatic heterocycles. The number of halogens is 1. The van der Waals surface area contributed by atoms with E-state index in [0.29, 0.717) is 55.6 Å². The summed E-state index contributed by atoms with van der Waals surface area (Å²) in [6, 6.07) is 2.98. The highest BCUT2D eigenvalue weighted by molar-refractivity contribution is 5.79. The van der Waals surface area contributed by atoms with Gasteiger partial charge in [0.1, 0.15) is 11.4 Å². The molecule has 4 rings (SSSR count). The average Bonchev–Trinajstić information content (AvgIpc) is 3.03. The van der Waals surface area contributed by atoms with Crippen molar-refractivity contribution in [3.05, 3.63) is 40.1 Å². The van der Waals surface area contributed by atoms with Gasteiger partial charge in [-0.1, -0.05) is 0 Å². The first-order valence-electron chi connectivity index (χ1n) is 10.7. The molecule has 2 aromatic rings. The number of carbonyl (C=O) groups is 1. The zero-order valence-corrected chi connectivity index (χ0v) is 18.1. The molecule has 3 atom stereocenters. The number of nitrogens with zero attached hydrogens (tertiary/aromatic N) is 3. The Labute approximate surface area is 180 Å². The fourth-order valence-corrected chi connectivity index (χ4v) is 4.60. The van der Waals surface area contributed by atoms with Crippen LogP contribution in [-0.4, -0.2) is 63.5 Å². The van der Waals surface area contributed by atoms with Crippen LogP contribution in [0.2, 0.25) is 0 Å². The van der Waals surface area contributed by atoms with E-state index in [0.717, 1.165) is 0 Å². The highest BCUT2D eigenvalue weighted by atomic mass is 19.1. The first-order chi connectivity index (χ1) is 14.6. The number of aliphatic hydroxyl groups excluding tert-OH is 1. The van der Waals surface area contributed by atoms with Crippen molar-refractivity contribution in [1.82, 2.24) is 19.8 Å². The second-order valence-electron chi connectivity index (χ2n) is 9.48. The summed E-state index contributed by atoms with van der Waals surface area (Å²) in [6.45, 7) is 7.31. The van der Waals surface area contributed by atoms with Gasteiger partial charge in [0.25, 0.3) is 5.56 Å². The Balaban J connectivity index is 1.45. The molecule has 0 saturated carbocycles. The zero-order chi connectivity index (χ0) is 22.3. The number of hydrogen-bond donors (Lipinski definition) is 2. The monoisotopic (exact) mass is 432 g/mol. The molecule has 31 heavy (non-hydrogen) atoms. The van der Waals surface area contributed by atoms with Crippen LogP contribution in [0.3, 0.4) is 0 Å². The molecule has 1 amide bonds. The molecule has 2 aromatic heterocycles. The van der Waals surface area contributed by atoms with Crippen molar-refractivity contribution in [2.75, 3.05) is 26.2 Å². The molecule has 0 aliphatic carbocycles. The predicted octanol–water partition coefficient (Wildman–Crippen LogP) is 1.84. The van der Waals surface area contributed by atoms with Crippen molar-refractivity contribution in [3.8, 4) is 0 Å². The van der Waals surface area contributed by atoms with E-state index < -0.39 is 17.8 Å². The first kappa shape index (κ1) is 21.7. The number of aryl methyl sites for hydroxylation is 1. The highest BCUT2D eigenvalue weighted by Crippen LogP contribution is 2.31. The molecule has 2 aliphatic rings. The fourth-order valence-electron chi connectivity index (χ4n) is 4.60. The number of rotatable bonds is 4. The lowest BCUT2D eigenvalue weighted by Crippen LogP contribution is -2.38. The minimum Gasteiger partial charge on any atom is -0.444 e. The molecule has 1 saturated heterocycles. The van der Waals surface area contributed by atoms with Crippen LogP contribution >= 0.6 is 0 Å². The molecule has 0 spiro atoms. The van der Waals surface area contributed by atoms with Crippen molar-refractivity contribution in [3.63, 3.8) is 0 Å². The van der Waals surface area contributed by atoms with E-state index in [4.69, 9.17) is 4.74 Å². The first-order valence-corrected chi connectivity index (χ1v) is 10.7. The number of alkyl carbamates (subject to hydrolysis) is 1. The number of amides is 1. The average molecular weight is 432 g/mol. The highest BCUT2D eigenvalue weighted by Gasteiger charge is 2.34. The summed E-state index contributed by atoms with van der Waals surface area (Å²) in [6.07, 6.45) is 1.30. The van der Waals surface area contributed by atoms with Crippen LogP contribution in [0.4, 0.5) is 9.18 Å². The summed E-state index contributed by atoms with van der Waals surface area (Å²) < 4.78 is 21.2. The number of aliphatic hydroxyl groups is 1. The Hall–Kier alpha value is -2.52. The summed E-state index contributed by atoms with van der Waals surface area (Å²) in [5.74, 6) is -0.509. The molecule has 0 aromatic carbocycles. The van der Waals surface area contributed by atoms with Crippen LogP contribution in [-0.2, 0) is 11.2 Å². The number of ether oxygens (including phenoxy) is 1. The molecule has 0 radical (unpaired) electrons. The van der Waals surface area contributed by atoms with E-state index in [1.54, 1.807) is 31.4 Å². The molecular formula is C22H29FN4O4. The number of nitrogens with one attached hydrogen (secondary N) is 1. The van der Waals surface area contributed by atoms with E-state index in [2.05, 4.69) is 15.2 Å². The van der Waals surface area contributed by atoms with Gasteiger partial charge in [0.05, 0.1) is 29.4 Å². The van der Waals surface area contributed by atoms with Gasteiger partial charge < -0.3 is 19.7 Å². The fraction of sp³-hybridized carbons (Fsp3) is 0.591. The Morgan fingerprint density at radius 3 is 2.87 bits per heavy atom. The molecule has 4 heterocycles. The molecule has 2 N–H and O–H groups in total. The normalized spacial score (nSPS) is 23.8. The largest absolute Gasteiger partial charge is 0.444 e. The summed E-state index contributed by atoms with van der Waals surface area (Å²) in [5, 5.41) is 13.2.